The number of dihydropyridines is 1. The molecule has 11 heteroatoms. The predicted octanol–water partition coefficient (Wildman–Crippen LogP) is 4.52. The van der Waals surface area contributed by atoms with Crippen molar-refractivity contribution in [1.29, 1.82) is 0 Å². The van der Waals surface area contributed by atoms with Gasteiger partial charge < -0.3 is 11.1 Å². The summed E-state index contributed by atoms with van der Waals surface area (Å²) in [7, 11) is -3.84. The number of nitrogens with two attached hydrogens (primary N) is 1. The summed E-state index contributed by atoms with van der Waals surface area (Å²) in [6.07, 6.45) is 9.08. The SMILES string of the molecule is C=C/C(=C\C=C\F)S(=O)(=O)NCc1ccc(N2C(=C3C=CCN=C3N)Nc3cc(Br)cnc32)cc1. The standard InChI is InChI=1S/C24H22BrFN6O2S/c1-2-19(5-3-11-26)35(33,34)30-14-16-7-9-18(10-8-16)32-23(20-6-4-12-28-22(20)27)31-21-13-17(25)15-29-24(21)32/h2-11,13,15,30-31H,1,12,14H2,(H2,27,28)/b11-3+,19-5+,23-20?. The first kappa shape index (κ1) is 24.6. The molecule has 180 valence electrons. The van der Waals surface area contributed by atoms with E-state index in [-0.39, 0.29) is 17.8 Å². The fourth-order valence-electron chi connectivity index (χ4n) is 3.55. The van der Waals surface area contributed by atoms with Crippen molar-refractivity contribution in [1.82, 2.24) is 9.71 Å². The first-order chi connectivity index (χ1) is 16.8. The number of allylic oxidation sites excluding steroid dienone is 3. The molecule has 2 aromatic rings. The highest BCUT2D eigenvalue weighted by Gasteiger charge is 2.30. The van der Waals surface area contributed by atoms with Crippen LogP contribution in [0, 0.1) is 0 Å². The number of halogens is 2. The van der Waals surface area contributed by atoms with Gasteiger partial charge in [0.05, 0.1) is 29.0 Å². The second-order valence-corrected chi connectivity index (χ2v) is 10.1. The number of aliphatic imine (C=N–C) groups is 1. The molecule has 35 heavy (non-hydrogen) atoms. The van der Waals surface area contributed by atoms with Crippen LogP contribution in [0.4, 0.5) is 21.6 Å². The number of nitrogens with zero attached hydrogens (tertiary/aromatic N) is 3. The molecule has 0 saturated carbocycles. The van der Waals surface area contributed by atoms with Crippen molar-refractivity contribution < 1.29 is 12.8 Å². The molecule has 0 bridgehead atoms. The molecule has 0 radical (unpaired) electrons. The summed E-state index contributed by atoms with van der Waals surface area (Å²) in [5.41, 5.74) is 9.25. The largest absolute Gasteiger partial charge is 0.383 e. The van der Waals surface area contributed by atoms with Crippen LogP contribution in [0.15, 0.2) is 106 Å². The molecule has 0 spiro atoms. The van der Waals surface area contributed by atoms with Crippen molar-refractivity contribution in [2.45, 2.75) is 6.54 Å². The first-order valence-corrected chi connectivity index (χ1v) is 12.7. The molecule has 0 atom stereocenters. The van der Waals surface area contributed by atoms with Crippen LogP contribution in [-0.2, 0) is 16.6 Å². The Labute approximate surface area is 211 Å². The van der Waals surface area contributed by atoms with Crippen LogP contribution in [0.3, 0.4) is 0 Å². The highest BCUT2D eigenvalue weighted by atomic mass is 79.9. The summed E-state index contributed by atoms with van der Waals surface area (Å²) in [5, 5.41) is 3.38. The molecule has 0 amide bonds. The van der Waals surface area contributed by atoms with Gasteiger partial charge in [-0.3, -0.25) is 9.89 Å². The van der Waals surface area contributed by atoms with Crippen LogP contribution < -0.4 is 20.7 Å². The minimum atomic E-state index is -3.84. The number of fused-ring (bicyclic) bond motifs is 1. The number of rotatable bonds is 7. The Morgan fingerprint density at radius 3 is 2.80 bits per heavy atom. The van der Waals surface area contributed by atoms with Gasteiger partial charge in [0.2, 0.25) is 10.0 Å². The van der Waals surface area contributed by atoms with Gasteiger partial charge in [0.1, 0.15) is 11.7 Å². The minimum Gasteiger partial charge on any atom is -0.383 e. The number of anilines is 3. The summed E-state index contributed by atoms with van der Waals surface area (Å²) >= 11 is 3.45. The Morgan fingerprint density at radius 2 is 2.11 bits per heavy atom. The van der Waals surface area contributed by atoms with Crippen molar-refractivity contribution in [2.24, 2.45) is 10.7 Å². The topological polar surface area (TPSA) is 113 Å². The van der Waals surface area contributed by atoms with E-state index in [1.54, 1.807) is 6.20 Å². The molecule has 3 heterocycles. The maximum absolute atomic E-state index is 12.5. The molecule has 2 aliphatic rings. The lowest BCUT2D eigenvalue weighted by atomic mass is 10.1. The van der Waals surface area contributed by atoms with Crippen molar-refractivity contribution in [3.05, 3.63) is 106 Å². The van der Waals surface area contributed by atoms with E-state index in [1.165, 1.54) is 0 Å². The zero-order chi connectivity index (χ0) is 25.0. The van der Waals surface area contributed by atoms with Crippen LogP contribution in [-0.4, -0.2) is 25.8 Å². The maximum Gasteiger partial charge on any atom is 0.240 e. The van der Waals surface area contributed by atoms with Crippen LogP contribution in [0.5, 0.6) is 0 Å². The molecule has 4 rings (SSSR count). The van der Waals surface area contributed by atoms with Gasteiger partial charge in [-0.25, -0.2) is 22.5 Å². The average molecular weight is 557 g/mol. The van der Waals surface area contributed by atoms with E-state index in [9.17, 15) is 12.8 Å². The highest BCUT2D eigenvalue weighted by molar-refractivity contribution is 9.10. The second kappa shape index (κ2) is 10.4. The molecular weight excluding hydrogens is 535 g/mol. The molecule has 2 aliphatic heterocycles. The Hall–Kier alpha value is -3.54. The van der Waals surface area contributed by atoms with E-state index in [1.807, 2.05) is 47.4 Å². The number of nitrogens with one attached hydrogen (secondary N) is 2. The van der Waals surface area contributed by atoms with Crippen LogP contribution in [0.2, 0.25) is 0 Å². The molecule has 0 unspecified atom stereocenters. The number of pyridine rings is 1. The fourth-order valence-corrected chi connectivity index (χ4v) is 4.88. The number of sulfonamides is 1. The zero-order valence-corrected chi connectivity index (χ0v) is 20.9. The minimum absolute atomic E-state index is 0.0451. The summed E-state index contributed by atoms with van der Waals surface area (Å²) in [6, 6.07) is 9.27. The molecule has 8 nitrogen and oxygen atoms in total. The number of aromatic nitrogens is 1. The van der Waals surface area contributed by atoms with Gasteiger partial charge in [0, 0.05) is 22.9 Å². The zero-order valence-electron chi connectivity index (χ0n) is 18.4. The smallest absolute Gasteiger partial charge is 0.240 e. The van der Waals surface area contributed by atoms with Crippen molar-refractivity contribution >= 4 is 49.0 Å². The molecule has 0 saturated heterocycles. The third kappa shape index (κ3) is 5.26. The van der Waals surface area contributed by atoms with Gasteiger partial charge in [0.25, 0.3) is 0 Å². The van der Waals surface area contributed by atoms with Crippen molar-refractivity contribution in [2.75, 3.05) is 16.8 Å². The van der Waals surface area contributed by atoms with E-state index in [0.29, 0.717) is 18.2 Å². The number of amidine groups is 1. The van der Waals surface area contributed by atoms with Gasteiger partial charge >= 0.3 is 0 Å². The van der Waals surface area contributed by atoms with Crippen molar-refractivity contribution in [3.63, 3.8) is 0 Å². The Kier molecular flexibility index (Phi) is 7.29. The summed E-state index contributed by atoms with van der Waals surface area (Å²) in [5.74, 6) is 1.84. The molecular formula is C24H22BrFN6O2S. The van der Waals surface area contributed by atoms with Crippen LogP contribution >= 0.6 is 15.9 Å². The van der Waals surface area contributed by atoms with E-state index in [0.717, 1.165) is 51.0 Å². The second-order valence-electron chi connectivity index (χ2n) is 7.46. The fraction of sp³-hybridized carbons (Fsp3) is 0.0833. The third-order valence-corrected chi connectivity index (χ3v) is 7.09. The first-order valence-electron chi connectivity index (χ1n) is 10.5. The normalized spacial score (nSPS) is 17.9. The highest BCUT2D eigenvalue weighted by Crippen LogP contribution is 2.42. The van der Waals surface area contributed by atoms with Crippen molar-refractivity contribution in [3.8, 4) is 0 Å². The molecule has 1 aromatic heterocycles. The molecule has 0 aliphatic carbocycles. The summed E-state index contributed by atoms with van der Waals surface area (Å²) in [4.78, 5) is 10.7. The third-order valence-electron chi connectivity index (χ3n) is 5.21. The Bertz CT molecular complexity index is 1410. The van der Waals surface area contributed by atoms with Gasteiger partial charge in [0.15, 0.2) is 5.82 Å². The molecule has 0 fully saturated rings. The molecule has 4 N–H and O–H groups in total. The molecule has 1 aromatic carbocycles. The lowest BCUT2D eigenvalue weighted by molar-refractivity contribution is 0.589. The van der Waals surface area contributed by atoms with E-state index >= 15 is 0 Å². The lowest BCUT2D eigenvalue weighted by Crippen LogP contribution is -2.25. The van der Waals surface area contributed by atoms with Gasteiger partial charge in [-0.15, -0.1) is 0 Å². The number of hydrogen-bond acceptors (Lipinski definition) is 7. The van der Waals surface area contributed by atoms with E-state index in [2.05, 4.69) is 42.5 Å². The lowest BCUT2D eigenvalue weighted by Gasteiger charge is -2.22. The quantitative estimate of drug-likeness (QED) is 0.432. The van der Waals surface area contributed by atoms with Gasteiger partial charge in [-0.05, 0) is 64.0 Å². The van der Waals surface area contributed by atoms with Gasteiger partial charge in [-0.1, -0.05) is 24.8 Å². The van der Waals surface area contributed by atoms with Gasteiger partial charge in [-0.2, -0.15) is 0 Å². The Morgan fingerprint density at radius 1 is 1.34 bits per heavy atom. The van der Waals surface area contributed by atoms with Crippen LogP contribution in [0.25, 0.3) is 0 Å². The van der Waals surface area contributed by atoms with E-state index in [4.69, 9.17) is 5.73 Å². The monoisotopic (exact) mass is 556 g/mol. The van der Waals surface area contributed by atoms with Crippen LogP contribution in [0.1, 0.15) is 5.56 Å². The predicted molar refractivity (Wildman–Crippen MR) is 141 cm³/mol. The summed E-state index contributed by atoms with van der Waals surface area (Å²) in [6.45, 7) is 4.04. The Balaban J connectivity index is 1.63. The van der Waals surface area contributed by atoms with E-state index < -0.39 is 10.0 Å². The maximum atomic E-state index is 12.5. The number of hydrogen-bond donors (Lipinski definition) is 3. The summed E-state index contributed by atoms with van der Waals surface area (Å²) < 4.78 is 40.5. The number of benzene rings is 1. The average Bonchev–Trinajstić information content (AvgIpc) is 3.22.